The molecule has 0 saturated carbocycles. The van der Waals surface area contributed by atoms with Crippen LogP contribution >= 0.6 is 0 Å². The summed E-state index contributed by atoms with van der Waals surface area (Å²) in [4.78, 5) is 8.70. The second-order valence-corrected chi connectivity index (χ2v) is 3.62. The number of aromatic nitrogens is 4. The Bertz CT molecular complexity index is 489. The summed E-state index contributed by atoms with van der Waals surface area (Å²) >= 11 is 0. The summed E-state index contributed by atoms with van der Waals surface area (Å²) in [5, 5.41) is 7.32. The molecule has 0 atom stereocenters. The SMILES string of the molecule is CCNc1cc(-c2cnn(C)c2)nc(C)n1. The Labute approximate surface area is 94.5 Å². The van der Waals surface area contributed by atoms with Gasteiger partial charge in [0.1, 0.15) is 11.6 Å². The van der Waals surface area contributed by atoms with Crippen molar-refractivity contribution in [2.24, 2.45) is 7.05 Å². The maximum absolute atomic E-state index is 4.40. The fraction of sp³-hybridized carbons (Fsp3) is 0.364. The van der Waals surface area contributed by atoms with Crippen LogP contribution in [-0.4, -0.2) is 26.3 Å². The van der Waals surface area contributed by atoms with E-state index >= 15 is 0 Å². The molecule has 2 aromatic rings. The number of rotatable bonds is 3. The normalized spacial score (nSPS) is 10.4. The van der Waals surface area contributed by atoms with E-state index in [1.807, 2.05) is 33.2 Å². The van der Waals surface area contributed by atoms with E-state index < -0.39 is 0 Å². The molecule has 2 heterocycles. The van der Waals surface area contributed by atoms with E-state index in [4.69, 9.17) is 0 Å². The average Bonchev–Trinajstić information content (AvgIpc) is 2.64. The van der Waals surface area contributed by atoms with Gasteiger partial charge in [-0.1, -0.05) is 0 Å². The molecule has 1 N–H and O–H groups in total. The summed E-state index contributed by atoms with van der Waals surface area (Å²) in [6.45, 7) is 4.78. The topological polar surface area (TPSA) is 55.6 Å². The Kier molecular flexibility index (Phi) is 2.85. The second-order valence-electron chi connectivity index (χ2n) is 3.62. The Morgan fingerprint density at radius 2 is 2.19 bits per heavy atom. The molecule has 2 rings (SSSR count). The van der Waals surface area contributed by atoms with Crippen LogP contribution in [0.4, 0.5) is 5.82 Å². The van der Waals surface area contributed by atoms with Crippen molar-refractivity contribution in [3.8, 4) is 11.3 Å². The zero-order valence-electron chi connectivity index (χ0n) is 9.73. The van der Waals surface area contributed by atoms with Crippen LogP contribution < -0.4 is 5.32 Å². The van der Waals surface area contributed by atoms with Crippen molar-refractivity contribution < 1.29 is 0 Å². The van der Waals surface area contributed by atoms with Crippen molar-refractivity contribution in [2.45, 2.75) is 13.8 Å². The predicted octanol–water partition coefficient (Wildman–Crippen LogP) is 1.62. The number of anilines is 1. The van der Waals surface area contributed by atoms with E-state index in [2.05, 4.69) is 20.4 Å². The summed E-state index contributed by atoms with van der Waals surface area (Å²) in [6, 6.07) is 1.94. The van der Waals surface area contributed by atoms with Crippen LogP contribution in [0.5, 0.6) is 0 Å². The molecule has 0 aromatic carbocycles. The minimum absolute atomic E-state index is 0.761. The molecule has 16 heavy (non-hydrogen) atoms. The molecule has 0 spiro atoms. The quantitative estimate of drug-likeness (QED) is 0.848. The van der Waals surface area contributed by atoms with Crippen LogP contribution in [0.2, 0.25) is 0 Å². The molecule has 0 aliphatic heterocycles. The van der Waals surface area contributed by atoms with Gasteiger partial charge in [-0.25, -0.2) is 9.97 Å². The molecule has 5 nitrogen and oxygen atoms in total. The predicted molar refractivity (Wildman–Crippen MR) is 63.1 cm³/mol. The van der Waals surface area contributed by atoms with Crippen molar-refractivity contribution in [2.75, 3.05) is 11.9 Å². The smallest absolute Gasteiger partial charge is 0.130 e. The monoisotopic (exact) mass is 217 g/mol. The summed E-state index contributed by atoms with van der Waals surface area (Å²) in [5.41, 5.74) is 1.91. The zero-order chi connectivity index (χ0) is 11.5. The molecule has 84 valence electrons. The second kappa shape index (κ2) is 4.30. The molecular formula is C11H15N5. The molecule has 0 saturated heterocycles. The fourth-order valence-electron chi connectivity index (χ4n) is 1.54. The Balaban J connectivity index is 2.40. The van der Waals surface area contributed by atoms with Crippen molar-refractivity contribution >= 4 is 5.82 Å². The third-order valence-corrected chi connectivity index (χ3v) is 2.20. The number of hydrogen-bond donors (Lipinski definition) is 1. The summed E-state index contributed by atoms with van der Waals surface area (Å²) in [7, 11) is 1.89. The third kappa shape index (κ3) is 2.18. The van der Waals surface area contributed by atoms with Crippen LogP contribution in [0.1, 0.15) is 12.7 Å². The fourth-order valence-corrected chi connectivity index (χ4v) is 1.54. The average molecular weight is 217 g/mol. The van der Waals surface area contributed by atoms with Gasteiger partial charge in [-0.15, -0.1) is 0 Å². The largest absolute Gasteiger partial charge is 0.370 e. The van der Waals surface area contributed by atoms with Crippen molar-refractivity contribution in [1.29, 1.82) is 0 Å². The first-order valence-electron chi connectivity index (χ1n) is 5.27. The van der Waals surface area contributed by atoms with Crippen LogP contribution in [-0.2, 0) is 7.05 Å². The zero-order valence-corrected chi connectivity index (χ0v) is 9.73. The van der Waals surface area contributed by atoms with Gasteiger partial charge in [0.15, 0.2) is 0 Å². The van der Waals surface area contributed by atoms with Crippen LogP contribution in [0.3, 0.4) is 0 Å². The maximum Gasteiger partial charge on any atom is 0.130 e. The van der Waals surface area contributed by atoms with Gasteiger partial charge >= 0.3 is 0 Å². The summed E-state index contributed by atoms with van der Waals surface area (Å²) in [5.74, 6) is 1.62. The lowest BCUT2D eigenvalue weighted by Gasteiger charge is -2.05. The molecule has 5 heteroatoms. The van der Waals surface area contributed by atoms with Gasteiger partial charge in [0.25, 0.3) is 0 Å². The van der Waals surface area contributed by atoms with E-state index in [1.165, 1.54) is 0 Å². The van der Waals surface area contributed by atoms with E-state index in [9.17, 15) is 0 Å². The first kappa shape index (κ1) is 10.6. The standard InChI is InChI=1S/C11H15N5/c1-4-12-11-5-10(14-8(2)15-11)9-6-13-16(3)7-9/h5-7H,4H2,1-3H3,(H,12,14,15). The maximum atomic E-state index is 4.40. The molecular weight excluding hydrogens is 202 g/mol. The van der Waals surface area contributed by atoms with Gasteiger partial charge in [0, 0.05) is 31.4 Å². The molecule has 0 bridgehead atoms. The Morgan fingerprint density at radius 1 is 1.38 bits per heavy atom. The highest BCUT2D eigenvalue weighted by molar-refractivity contribution is 5.60. The lowest BCUT2D eigenvalue weighted by atomic mass is 10.2. The van der Waals surface area contributed by atoms with Gasteiger partial charge in [0.05, 0.1) is 11.9 Å². The molecule has 2 aromatic heterocycles. The number of nitrogens with zero attached hydrogens (tertiary/aromatic N) is 4. The van der Waals surface area contributed by atoms with Gasteiger partial charge in [-0.3, -0.25) is 4.68 Å². The molecule has 0 amide bonds. The van der Waals surface area contributed by atoms with Gasteiger partial charge in [-0.2, -0.15) is 5.10 Å². The van der Waals surface area contributed by atoms with E-state index in [0.29, 0.717) is 0 Å². The number of hydrogen-bond acceptors (Lipinski definition) is 4. The molecule has 0 unspecified atom stereocenters. The van der Waals surface area contributed by atoms with Gasteiger partial charge in [-0.05, 0) is 13.8 Å². The van der Waals surface area contributed by atoms with Crippen molar-refractivity contribution in [3.05, 3.63) is 24.3 Å². The lowest BCUT2D eigenvalue weighted by Crippen LogP contribution is -2.02. The first-order chi connectivity index (χ1) is 7.69. The van der Waals surface area contributed by atoms with Crippen LogP contribution in [0.15, 0.2) is 18.5 Å². The number of nitrogens with one attached hydrogen (secondary N) is 1. The van der Waals surface area contributed by atoms with Gasteiger partial charge < -0.3 is 5.32 Å². The minimum Gasteiger partial charge on any atom is -0.370 e. The Hall–Kier alpha value is -1.91. The summed E-state index contributed by atoms with van der Waals surface area (Å²) < 4.78 is 1.76. The van der Waals surface area contributed by atoms with E-state index in [0.717, 1.165) is 29.4 Å². The van der Waals surface area contributed by atoms with Crippen molar-refractivity contribution in [1.82, 2.24) is 19.7 Å². The van der Waals surface area contributed by atoms with E-state index in [1.54, 1.807) is 10.9 Å². The molecule has 0 fully saturated rings. The van der Waals surface area contributed by atoms with E-state index in [-0.39, 0.29) is 0 Å². The van der Waals surface area contributed by atoms with Crippen LogP contribution in [0.25, 0.3) is 11.3 Å². The highest BCUT2D eigenvalue weighted by Gasteiger charge is 2.05. The Morgan fingerprint density at radius 3 is 2.81 bits per heavy atom. The van der Waals surface area contributed by atoms with Crippen molar-refractivity contribution in [3.63, 3.8) is 0 Å². The third-order valence-electron chi connectivity index (χ3n) is 2.20. The highest BCUT2D eigenvalue weighted by Crippen LogP contribution is 2.18. The van der Waals surface area contributed by atoms with Crippen LogP contribution in [0, 0.1) is 6.92 Å². The lowest BCUT2D eigenvalue weighted by molar-refractivity contribution is 0.768. The number of aryl methyl sites for hydroxylation is 2. The molecule has 0 radical (unpaired) electrons. The first-order valence-corrected chi connectivity index (χ1v) is 5.27. The minimum atomic E-state index is 0.761. The molecule has 0 aliphatic carbocycles. The summed E-state index contributed by atoms with van der Waals surface area (Å²) in [6.07, 6.45) is 3.75. The molecule has 0 aliphatic rings. The highest BCUT2D eigenvalue weighted by atomic mass is 15.2. The van der Waals surface area contributed by atoms with Gasteiger partial charge in [0.2, 0.25) is 0 Å².